The molecule has 31 heavy (non-hydrogen) atoms. The number of amides is 2. The van der Waals surface area contributed by atoms with Crippen LogP contribution in [0.5, 0.6) is 0 Å². The highest BCUT2D eigenvalue weighted by atomic mass is 19.1. The fourth-order valence-electron chi connectivity index (χ4n) is 4.61. The number of hydrogen-bond acceptors (Lipinski definition) is 5. The van der Waals surface area contributed by atoms with E-state index in [9.17, 15) is 14.0 Å². The van der Waals surface area contributed by atoms with Crippen LogP contribution in [0.15, 0.2) is 24.3 Å². The third-order valence-corrected chi connectivity index (χ3v) is 6.41. The molecule has 1 atom stereocenters. The number of rotatable bonds is 3. The van der Waals surface area contributed by atoms with Gasteiger partial charge < -0.3 is 19.4 Å². The number of piperazine rings is 1. The number of halogens is 1. The van der Waals surface area contributed by atoms with Crippen LogP contribution in [0.25, 0.3) is 0 Å². The van der Waals surface area contributed by atoms with Gasteiger partial charge in [0.25, 0.3) is 11.8 Å². The Morgan fingerprint density at radius 3 is 2.55 bits per heavy atom. The number of nitrogens with one attached hydrogen (secondary N) is 1. The summed E-state index contributed by atoms with van der Waals surface area (Å²) in [5, 5.41) is 7.31. The topological polar surface area (TPSA) is 81.8 Å². The minimum atomic E-state index is -0.354. The van der Waals surface area contributed by atoms with Crippen molar-refractivity contribution in [2.75, 3.05) is 44.2 Å². The van der Waals surface area contributed by atoms with Gasteiger partial charge in [-0.15, -0.1) is 0 Å². The van der Waals surface area contributed by atoms with Crippen molar-refractivity contribution < 1.29 is 18.7 Å². The van der Waals surface area contributed by atoms with Gasteiger partial charge in [0.15, 0.2) is 5.69 Å². The minimum Gasteiger partial charge on any atom is -0.368 e. The van der Waals surface area contributed by atoms with Gasteiger partial charge in [-0.25, -0.2) is 4.39 Å². The van der Waals surface area contributed by atoms with Crippen LogP contribution < -0.4 is 4.90 Å². The third-order valence-electron chi connectivity index (χ3n) is 6.41. The number of H-pyrrole nitrogens is 1. The van der Waals surface area contributed by atoms with E-state index in [0.29, 0.717) is 58.0 Å². The molecular formula is C22H26FN5O3. The highest BCUT2D eigenvalue weighted by molar-refractivity contribution is 5.94. The number of nitrogens with zero attached hydrogens (tertiary/aromatic N) is 4. The Hall–Kier alpha value is -2.94. The van der Waals surface area contributed by atoms with Crippen LogP contribution in [-0.2, 0) is 22.5 Å². The second-order valence-corrected chi connectivity index (χ2v) is 8.30. The molecule has 1 aromatic carbocycles. The van der Waals surface area contributed by atoms with E-state index < -0.39 is 0 Å². The SMILES string of the molecule is O=C(c1n[nH]c2c1CN(C(=O)[C@H]1CCCO1)CC2)N1CCN(c2ccc(F)cc2)CC1. The van der Waals surface area contributed by atoms with Gasteiger partial charge in [-0.05, 0) is 37.1 Å². The zero-order chi connectivity index (χ0) is 21.4. The second kappa shape index (κ2) is 8.30. The minimum absolute atomic E-state index is 0.00987. The van der Waals surface area contributed by atoms with Crippen LogP contribution in [0.1, 0.15) is 34.6 Å². The average Bonchev–Trinajstić information content (AvgIpc) is 3.49. The van der Waals surface area contributed by atoms with E-state index in [4.69, 9.17) is 4.74 Å². The Bertz CT molecular complexity index is 962. The summed E-state index contributed by atoms with van der Waals surface area (Å²) >= 11 is 0. The van der Waals surface area contributed by atoms with Gasteiger partial charge in [0, 0.05) is 69.2 Å². The molecule has 164 valence electrons. The van der Waals surface area contributed by atoms with E-state index >= 15 is 0 Å². The lowest BCUT2D eigenvalue weighted by molar-refractivity contribution is -0.141. The molecule has 1 aromatic heterocycles. The number of anilines is 1. The van der Waals surface area contributed by atoms with Crippen molar-refractivity contribution >= 4 is 17.5 Å². The predicted molar refractivity (Wildman–Crippen MR) is 111 cm³/mol. The van der Waals surface area contributed by atoms with E-state index in [1.807, 2.05) is 0 Å². The molecular weight excluding hydrogens is 401 g/mol. The highest BCUT2D eigenvalue weighted by Gasteiger charge is 2.34. The van der Waals surface area contributed by atoms with Crippen LogP contribution in [0, 0.1) is 5.82 Å². The second-order valence-electron chi connectivity index (χ2n) is 8.30. The van der Waals surface area contributed by atoms with Gasteiger partial charge in [-0.3, -0.25) is 14.7 Å². The lowest BCUT2D eigenvalue weighted by Crippen LogP contribution is -2.49. The van der Waals surface area contributed by atoms with Crippen LogP contribution >= 0.6 is 0 Å². The first-order valence-corrected chi connectivity index (χ1v) is 10.9. The van der Waals surface area contributed by atoms with Gasteiger partial charge in [0.05, 0.1) is 0 Å². The van der Waals surface area contributed by atoms with Gasteiger partial charge in [0.2, 0.25) is 0 Å². The Balaban J connectivity index is 1.25. The largest absolute Gasteiger partial charge is 0.368 e. The molecule has 3 aliphatic heterocycles. The van der Waals surface area contributed by atoms with Gasteiger partial charge in [0.1, 0.15) is 11.9 Å². The molecule has 2 fully saturated rings. The first kappa shape index (κ1) is 20.0. The van der Waals surface area contributed by atoms with Crippen LogP contribution in [0.3, 0.4) is 0 Å². The summed E-state index contributed by atoms with van der Waals surface area (Å²) in [5.41, 5.74) is 3.12. The third kappa shape index (κ3) is 3.89. The highest BCUT2D eigenvalue weighted by Crippen LogP contribution is 2.25. The van der Waals surface area contributed by atoms with E-state index in [-0.39, 0.29) is 23.7 Å². The molecule has 0 spiro atoms. The number of carbonyl (C=O) groups is 2. The molecule has 2 aromatic rings. The molecule has 4 heterocycles. The van der Waals surface area contributed by atoms with E-state index in [2.05, 4.69) is 15.1 Å². The summed E-state index contributed by atoms with van der Waals surface area (Å²) in [6, 6.07) is 6.42. The summed E-state index contributed by atoms with van der Waals surface area (Å²) in [5.74, 6) is -0.355. The Morgan fingerprint density at radius 2 is 1.84 bits per heavy atom. The molecule has 0 bridgehead atoms. The Morgan fingerprint density at radius 1 is 1.06 bits per heavy atom. The molecule has 0 aliphatic carbocycles. The van der Waals surface area contributed by atoms with Crippen molar-refractivity contribution in [2.24, 2.45) is 0 Å². The first-order valence-electron chi connectivity index (χ1n) is 10.9. The van der Waals surface area contributed by atoms with E-state index in [1.54, 1.807) is 21.9 Å². The monoisotopic (exact) mass is 427 g/mol. The maximum absolute atomic E-state index is 13.2. The predicted octanol–water partition coefficient (Wildman–Crippen LogP) is 1.57. The van der Waals surface area contributed by atoms with Crippen molar-refractivity contribution in [2.45, 2.75) is 31.9 Å². The maximum atomic E-state index is 13.2. The zero-order valence-corrected chi connectivity index (χ0v) is 17.3. The Labute approximate surface area is 179 Å². The van der Waals surface area contributed by atoms with Gasteiger partial charge in [-0.2, -0.15) is 5.10 Å². The molecule has 2 amide bonds. The van der Waals surface area contributed by atoms with Crippen LogP contribution in [0.2, 0.25) is 0 Å². The standard InChI is InChI=1S/C22H26FN5O3/c23-15-3-5-16(6-4-15)26-9-11-27(12-10-26)22(30)20-17-14-28(8-7-18(17)24-25-20)21(29)19-2-1-13-31-19/h3-6,19H,1-2,7-14H2,(H,24,25)/t19-/m1/s1. The summed E-state index contributed by atoms with van der Waals surface area (Å²) in [4.78, 5) is 31.7. The normalized spacial score (nSPS) is 21.3. The fourth-order valence-corrected chi connectivity index (χ4v) is 4.61. The number of ether oxygens (including phenoxy) is 1. The van der Waals surface area contributed by atoms with Crippen LogP contribution in [0.4, 0.5) is 10.1 Å². The molecule has 0 saturated carbocycles. The quantitative estimate of drug-likeness (QED) is 0.804. The molecule has 8 nitrogen and oxygen atoms in total. The smallest absolute Gasteiger partial charge is 0.274 e. The van der Waals surface area contributed by atoms with Crippen molar-refractivity contribution in [3.8, 4) is 0 Å². The van der Waals surface area contributed by atoms with Crippen molar-refractivity contribution in [1.29, 1.82) is 0 Å². The summed E-state index contributed by atoms with van der Waals surface area (Å²) in [6.45, 7) is 4.11. The average molecular weight is 427 g/mol. The van der Waals surface area contributed by atoms with Crippen molar-refractivity contribution in [1.82, 2.24) is 20.0 Å². The number of aromatic amines is 1. The van der Waals surface area contributed by atoms with E-state index in [0.717, 1.165) is 29.8 Å². The zero-order valence-electron chi connectivity index (χ0n) is 17.3. The number of carbonyl (C=O) groups excluding carboxylic acids is 2. The van der Waals surface area contributed by atoms with Crippen molar-refractivity contribution in [3.05, 3.63) is 47.0 Å². The van der Waals surface area contributed by atoms with Gasteiger partial charge in [-0.1, -0.05) is 0 Å². The molecule has 5 rings (SSSR count). The first-order chi connectivity index (χ1) is 15.1. The summed E-state index contributed by atoms with van der Waals surface area (Å²) < 4.78 is 18.7. The Kier molecular flexibility index (Phi) is 5.35. The number of benzene rings is 1. The molecule has 2 saturated heterocycles. The number of hydrogen-bond donors (Lipinski definition) is 1. The molecule has 9 heteroatoms. The number of aromatic nitrogens is 2. The maximum Gasteiger partial charge on any atom is 0.274 e. The number of fused-ring (bicyclic) bond motifs is 1. The van der Waals surface area contributed by atoms with E-state index in [1.165, 1.54) is 12.1 Å². The fraction of sp³-hybridized carbons (Fsp3) is 0.500. The molecule has 3 aliphatic rings. The van der Waals surface area contributed by atoms with Gasteiger partial charge >= 0.3 is 0 Å². The summed E-state index contributed by atoms with van der Waals surface area (Å²) in [7, 11) is 0. The molecule has 0 radical (unpaired) electrons. The van der Waals surface area contributed by atoms with Crippen LogP contribution in [-0.4, -0.2) is 77.2 Å². The lowest BCUT2D eigenvalue weighted by atomic mass is 10.0. The summed E-state index contributed by atoms with van der Waals surface area (Å²) in [6.07, 6.45) is 1.98. The molecule has 1 N–H and O–H groups in total. The van der Waals surface area contributed by atoms with Crippen molar-refractivity contribution in [3.63, 3.8) is 0 Å². The lowest BCUT2D eigenvalue weighted by Gasteiger charge is -2.36. The molecule has 0 unspecified atom stereocenters.